The minimum Gasteiger partial charge on any atom is -0.384 e. The molecular formula is C27H32N8O2. The fourth-order valence-electron chi connectivity index (χ4n) is 5.22. The van der Waals surface area contributed by atoms with Gasteiger partial charge in [0.1, 0.15) is 23.9 Å². The molecule has 0 spiro atoms. The van der Waals surface area contributed by atoms with Crippen LogP contribution >= 0.6 is 0 Å². The van der Waals surface area contributed by atoms with Crippen molar-refractivity contribution in [3.8, 4) is 11.3 Å². The molecule has 1 unspecified atom stereocenters. The van der Waals surface area contributed by atoms with Gasteiger partial charge in [0.2, 0.25) is 5.95 Å². The molecule has 5 heterocycles. The van der Waals surface area contributed by atoms with E-state index in [0.717, 1.165) is 72.7 Å². The van der Waals surface area contributed by atoms with E-state index in [2.05, 4.69) is 47.7 Å². The topological polar surface area (TPSA) is 129 Å². The molecule has 4 N–H and O–H groups in total. The zero-order valence-corrected chi connectivity index (χ0v) is 21.0. The molecular weight excluding hydrogens is 468 g/mol. The second kappa shape index (κ2) is 9.70. The maximum atomic E-state index is 11.0. The zero-order chi connectivity index (χ0) is 25.4. The third kappa shape index (κ3) is 4.87. The number of aliphatic hydroxyl groups is 1. The summed E-state index contributed by atoms with van der Waals surface area (Å²) in [5.74, 6) is 1.58. The van der Waals surface area contributed by atoms with Crippen molar-refractivity contribution >= 4 is 22.8 Å². The van der Waals surface area contributed by atoms with Crippen LogP contribution < -0.4 is 15.5 Å². The Morgan fingerprint density at radius 1 is 1.00 bits per heavy atom. The van der Waals surface area contributed by atoms with Crippen molar-refractivity contribution < 1.29 is 9.84 Å². The lowest BCUT2D eigenvalue weighted by Gasteiger charge is -2.37. The van der Waals surface area contributed by atoms with Crippen LogP contribution in [0, 0.1) is 0 Å². The molecule has 0 aliphatic carbocycles. The van der Waals surface area contributed by atoms with Gasteiger partial charge >= 0.3 is 0 Å². The van der Waals surface area contributed by atoms with Crippen LogP contribution in [0.1, 0.15) is 37.0 Å². The number of nitrogens with one attached hydrogen (secondary N) is 1. The number of anilines is 2. The van der Waals surface area contributed by atoms with Crippen molar-refractivity contribution in [2.24, 2.45) is 5.73 Å². The van der Waals surface area contributed by atoms with Gasteiger partial charge in [-0.25, -0.2) is 19.9 Å². The van der Waals surface area contributed by atoms with Gasteiger partial charge in [-0.1, -0.05) is 24.3 Å². The van der Waals surface area contributed by atoms with Gasteiger partial charge in [0.05, 0.1) is 18.6 Å². The third-order valence-electron chi connectivity index (χ3n) is 7.24. The first-order chi connectivity index (χ1) is 18.0. The van der Waals surface area contributed by atoms with Gasteiger partial charge < -0.3 is 30.4 Å². The van der Waals surface area contributed by atoms with Crippen molar-refractivity contribution in [2.45, 2.75) is 31.4 Å². The van der Waals surface area contributed by atoms with E-state index >= 15 is 0 Å². The number of morpholine rings is 1. The Hall–Kier alpha value is -3.60. The molecule has 37 heavy (non-hydrogen) atoms. The molecule has 0 radical (unpaired) electrons. The highest BCUT2D eigenvalue weighted by molar-refractivity contribution is 5.92. The second-order valence-corrected chi connectivity index (χ2v) is 10.3. The van der Waals surface area contributed by atoms with Crippen molar-refractivity contribution in [3.63, 3.8) is 0 Å². The molecule has 2 saturated heterocycles. The van der Waals surface area contributed by atoms with E-state index in [4.69, 9.17) is 10.5 Å². The summed E-state index contributed by atoms with van der Waals surface area (Å²) >= 11 is 0. The first-order valence-corrected chi connectivity index (χ1v) is 12.8. The lowest BCUT2D eigenvalue weighted by atomic mass is 9.93. The van der Waals surface area contributed by atoms with Crippen molar-refractivity contribution in [2.75, 3.05) is 49.2 Å². The van der Waals surface area contributed by atoms with Gasteiger partial charge in [-0.05, 0) is 37.0 Å². The summed E-state index contributed by atoms with van der Waals surface area (Å²) in [6.07, 6.45) is 6.20. The molecule has 1 aromatic carbocycles. The Kier molecular flexibility index (Phi) is 6.23. The Morgan fingerprint density at radius 3 is 2.49 bits per heavy atom. The van der Waals surface area contributed by atoms with Gasteiger partial charge in [0, 0.05) is 55.4 Å². The average molecular weight is 501 g/mol. The Morgan fingerprint density at radius 2 is 1.76 bits per heavy atom. The van der Waals surface area contributed by atoms with Crippen LogP contribution in [0.2, 0.25) is 0 Å². The van der Waals surface area contributed by atoms with E-state index in [-0.39, 0.29) is 5.54 Å². The standard InChI is InChI=1S/C27H32N8O2/c1-27(28)7-2-8-35(16-27)26-29-14-20(15-30-26)23(36)19-5-3-18(4-6-19)22-13-21-24(33-22)31-17-32-25(21)34-9-11-37-12-10-34/h3-6,13-15,17,23,36H,2,7-12,16,28H2,1H3,(H,31,32,33)/t23?,27-/m1/s1. The lowest BCUT2D eigenvalue weighted by Crippen LogP contribution is -2.52. The van der Waals surface area contributed by atoms with Crippen LogP contribution in [0.3, 0.4) is 0 Å². The van der Waals surface area contributed by atoms with Crippen molar-refractivity contribution in [3.05, 3.63) is 60.2 Å². The van der Waals surface area contributed by atoms with Gasteiger partial charge in [-0.2, -0.15) is 0 Å². The summed E-state index contributed by atoms with van der Waals surface area (Å²) in [6.45, 7) is 6.71. The van der Waals surface area contributed by atoms with E-state index in [9.17, 15) is 5.11 Å². The lowest BCUT2D eigenvalue weighted by molar-refractivity contribution is 0.122. The second-order valence-electron chi connectivity index (χ2n) is 10.3. The number of rotatable bonds is 5. The molecule has 10 heteroatoms. The minimum atomic E-state index is -0.814. The fourth-order valence-corrected chi connectivity index (χ4v) is 5.22. The Balaban J connectivity index is 1.19. The monoisotopic (exact) mass is 500 g/mol. The van der Waals surface area contributed by atoms with Gasteiger partial charge in [0.25, 0.3) is 0 Å². The number of ether oxygens (including phenoxy) is 1. The van der Waals surface area contributed by atoms with Gasteiger partial charge in [-0.15, -0.1) is 0 Å². The van der Waals surface area contributed by atoms with E-state index in [1.807, 2.05) is 24.3 Å². The van der Waals surface area contributed by atoms with Crippen LogP contribution in [-0.4, -0.2) is 75.0 Å². The van der Waals surface area contributed by atoms with Crippen LogP contribution in [-0.2, 0) is 4.74 Å². The number of aromatic nitrogens is 5. The first-order valence-electron chi connectivity index (χ1n) is 12.8. The number of nitrogens with zero attached hydrogens (tertiary/aromatic N) is 6. The molecule has 0 saturated carbocycles. The first kappa shape index (κ1) is 23.8. The van der Waals surface area contributed by atoms with Gasteiger partial charge in [-0.3, -0.25) is 0 Å². The largest absolute Gasteiger partial charge is 0.384 e. The third-order valence-corrected chi connectivity index (χ3v) is 7.24. The minimum absolute atomic E-state index is 0.233. The predicted molar refractivity (Wildman–Crippen MR) is 142 cm³/mol. The zero-order valence-electron chi connectivity index (χ0n) is 21.0. The van der Waals surface area contributed by atoms with Gasteiger partial charge in [0.15, 0.2) is 0 Å². The molecule has 2 atom stereocenters. The highest BCUT2D eigenvalue weighted by atomic mass is 16.5. The summed E-state index contributed by atoms with van der Waals surface area (Å²) in [7, 11) is 0. The summed E-state index contributed by atoms with van der Waals surface area (Å²) in [5.41, 5.74) is 10.3. The Labute approximate surface area is 215 Å². The predicted octanol–water partition coefficient (Wildman–Crippen LogP) is 2.65. The molecule has 2 aliphatic rings. The number of hydrogen-bond donors (Lipinski definition) is 3. The molecule has 2 aliphatic heterocycles. The molecule has 0 bridgehead atoms. The summed E-state index contributed by atoms with van der Waals surface area (Å²) in [5, 5.41) is 12.0. The molecule has 6 rings (SSSR count). The van der Waals surface area contributed by atoms with E-state index < -0.39 is 6.10 Å². The number of benzene rings is 1. The van der Waals surface area contributed by atoms with Crippen LogP contribution in [0.5, 0.6) is 0 Å². The molecule has 4 aromatic rings. The number of piperidine rings is 1. The number of hydrogen-bond acceptors (Lipinski definition) is 9. The maximum absolute atomic E-state index is 11.0. The molecule has 2 fully saturated rings. The number of aliphatic hydroxyl groups excluding tert-OH is 1. The number of fused-ring (bicyclic) bond motifs is 1. The number of H-pyrrole nitrogens is 1. The fraction of sp³-hybridized carbons (Fsp3) is 0.407. The quantitative estimate of drug-likeness (QED) is 0.379. The molecule has 3 aromatic heterocycles. The van der Waals surface area contributed by atoms with E-state index in [1.165, 1.54) is 0 Å². The highest BCUT2D eigenvalue weighted by Gasteiger charge is 2.28. The summed E-state index contributed by atoms with van der Waals surface area (Å²) in [4.78, 5) is 25.8. The van der Waals surface area contributed by atoms with Crippen LogP contribution in [0.15, 0.2) is 49.1 Å². The van der Waals surface area contributed by atoms with Crippen molar-refractivity contribution in [1.29, 1.82) is 0 Å². The summed E-state index contributed by atoms with van der Waals surface area (Å²) in [6, 6.07) is 9.94. The average Bonchev–Trinajstić information content (AvgIpc) is 3.37. The maximum Gasteiger partial charge on any atom is 0.225 e. The molecule has 10 nitrogen and oxygen atoms in total. The van der Waals surface area contributed by atoms with Crippen LogP contribution in [0.4, 0.5) is 11.8 Å². The number of nitrogens with two attached hydrogens (primary N) is 1. The smallest absolute Gasteiger partial charge is 0.225 e. The van der Waals surface area contributed by atoms with Crippen LogP contribution in [0.25, 0.3) is 22.3 Å². The molecule has 0 amide bonds. The SMILES string of the molecule is C[C@@]1(N)CCCN(c2ncc(C(O)c3ccc(-c4cc5c(N6CCOCC6)ncnc5[nH]4)cc3)cn2)C1. The summed E-state index contributed by atoms with van der Waals surface area (Å²) < 4.78 is 5.48. The van der Waals surface area contributed by atoms with Crippen molar-refractivity contribution in [1.82, 2.24) is 24.9 Å². The highest BCUT2D eigenvalue weighted by Crippen LogP contribution is 2.31. The number of aromatic amines is 1. The normalized spacial score (nSPS) is 21.4. The van der Waals surface area contributed by atoms with E-state index in [0.29, 0.717) is 24.7 Å². The Bertz CT molecular complexity index is 1360. The van der Waals surface area contributed by atoms with E-state index in [1.54, 1.807) is 18.7 Å². The molecule has 192 valence electrons.